The molecular formula is C16H23ClN2O2. The summed E-state index contributed by atoms with van der Waals surface area (Å²) in [6.45, 7) is 2.65. The van der Waals surface area contributed by atoms with E-state index in [4.69, 9.17) is 4.74 Å². The number of piperidine rings is 1. The normalized spacial score (nSPS) is 21.7. The van der Waals surface area contributed by atoms with Gasteiger partial charge in [0.05, 0.1) is 12.5 Å². The van der Waals surface area contributed by atoms with Gasteiger partial charge in [-0.25, -0.2) is 0 Å². The first-order valence-electron chi connectivity index (χ1n) is 7.46. The zero-order valence-corrected chi connectivity index (χ0v) is 13.2. The van der Waals surface area contributed by atoms with Crippen molar-refractivity contribution in [2.45, 2.75) is 31.2 Å². The molecule has 1 unspecified atom stereocenters. The van der Waals surface area contributed by atoms with Gasteiger partial charge in [0.25, 0.3) is 0 Å². The Morgan fingerprint density at radius 3 is 2.71 bits per heavy atom. The molecule has 0 aliphatic carbocycles. The van der Waals surface area contributed by atoms with Gasteiger partial charge in [0.15, 0.2) is 0 Å². The van der Waals surface area contributed by atoms with Crippen molar-refractivity contribution in [1.29, 1.82) is 0 Å². The molecule has 1 aromatic rings. The predicted octanol–water partition coefficient (Wildman–Crippen LogP) is 2.18. The van der Waals surface area contributed by atoms with E-state index in [1.807, 2.05) is 36.2 Å². The average Bonchev–Trinajstić information content (AvgIpc) is 2.54. The number of hydrogen-bond donors (Lipinski definition) is 1. The molecule has 1 amide bonds. The van der Waals surface area contributed by atoms with Crippen molar-refractivity contribution in [2.75, 3.05) is 26.7 Å². The highest BCUT2D eigenvalue weighted by atomic mass is 35.5. The number of ether oxygens (including phenoxy) is 1. The molecule has 0 saturated carbocycles. The Morgan fingerprint density at radius 2 is 1.95 bits per heavy atom. The lowest BCUT2D eigenvalue weighted by Crippen LogP contribution is -2.46. The molecular weight excluding hydrogens is 288 g/mol. The minimum atomic E-state index is -0.0418. The highest BCUT2D eigenvalue weighted by molar-refractivity contribution is 5.85. The molecule has 2 aliphatic heterocycles. The molecule has 1 aromatic carbocycles. The third-order valence-corrected chi connectivity index (χ3v) is 4.46. The van der Waals surface area contributed by atoms with Crippen molar-refractivity contribution in [3.05, 3.63) is 29.8 Å². The van der Waals surface area contributed by atoms with E-state index in [-0.39, 0.29) is 24.2 Å². The fourth-order valence-electron chi connectivity index (χ4n) is 3.22. The number of rotatable bonds is 2. The van der Waals surface area contributed by atoms with E-state index in [9.17, 15) is 4.79 Å². The molecule has 1 saturated heterocycles. The predicted molar refractivity (Wildman–Crippen MR) is 85.2 cm³/mol. The maximum atomic E-state index is 12.8. The van der Waals surface area contributed by atoms with Gasteiger partial charge in [0.2, 0.25) is 5.91 Å². The SMILES string of the molecule is CN(C(=O)C1CCOc2ccccc21)C1CCNCC1.Cl. The second-order valence-electron chi connectivity index (χ2n) is 5.66. The topological polar surface area (TPSA) is 41.6 Å². The van der Waals surface area contributed by atoms with Crippen LogP contribution < -0.4 is 10.1 Å². The summed E-state index contributed by atoms with van der Waals surface area (Å²) in [5.41, 5.74) is 1.05. The Kier molecular flexibility index (Phi) is 5.48. The van der Waals surface area contributed by atoms with Crippen LogP contribution in [0.25, 0.3) is 0 Å². The first kappa shape index (κ1) is 16.1. The number of amides is 1. The van der Waals surface area contributed by atoms with E-state index in [0.717, 1.165) is 43.7 Å². The zero-order valence-electron chi connectivity index (χ0n) is 12.4. The lowest BCUT2D eigenvalue weighted by atomic mass is 9.91. The van der Waals surface area contributed by atoms with Crippen LogP contribution in [0.3, 0.4) is 0 Å². The van der Waals surface area contributed by atoms with Gasteiger partial charge >= 0.3 is 0 Å². The highest BCUT2D eigenvalue weighted by Gasteiger charge is 2.32. The number of hydrogen-bond acceptors (Lipinski definition) is 3. The number of para-hydroxylation sites is 1. The number of fused-ring (bicyclic) bond motifs is 1. The van der Waals surface area contributed by atoms with Crippen LogP contribution in [0.15, 0.2) is 24.3 Å². The summed E-state index contributed by atoms with van der Waals surface area (Å²) in [5, 5.41) is 3.35. The van der Waals surface area contributed by atoms with Gasteiger partial charge in [-0.15, -0.1) is 12.4 Å². The molecule has 0 bridgehead atoms. The summed E-state index contributed by atoms with van der Waals surface area (Å²) in [6.07, 6.45) is 2.88. The molecule has 21 heavy (non-hydrogen) atoms. The molecule has 1 N–H and O–H groups in total. The van der Waals surface area contributed by atoms with Crippen molar-refractivity contribution in [3.8, 4) is 5.75 Å². The fourth-order valence-corrected chi connectivity index (χ4v) is 3.22. The number of nitrogens with one attached hydrogen (secondary N) is 1. The number of carbonyl (C=O) groups excluding carboxylic acids is 1. The Bertz CT molecular complexity index is 489. The molecule has 1 atom stereocenters. The van der Waals surface area contributed by atoms with Crippen molar-refractivity contribution < 1.29 is 9.53 Å². The summed E-state index contributed by atoms with van der Waals surface area (Å²) in [6, 6.07) is 8.30. The minimum Gasteiger partial charge on any atom is -0.493 e. The van der Waals surface area contributed by atoms with Crippen molar-refractivity contribution >= 4 is 18.3 Å². The summed E-state index contributed by atoms with van der Waals surface area (Å²) in [4.78, 5) is 14.8. The molecule has 5 heteroatoms. The van der Waals surface area contributed by atoms with E-state index < -0.39 is 0 Å². The molecule has 3 rings (SSSR count). The van der Waals surface area contributed by atoms with E-state index in [1.165, 1.54) is 0 Å². The standard InChI is InChI=1S/C16H22N2O2.ClH/c1-18(12-6-9-17-10-7-12)16(19)14-8-11-20-15-5-3-2-4-13(14)15;/h2-5,12,14,17H,6-11H2,1H3;1H. The summed E-state index contributed by atoms with van der Waals surface area (Å²) in [7, 11) is 1.95. The van der Waals surface area contributed by atoms with Crippen LogP contribution >= 0.6 is 12.4 Å². The molecule has 0 spiro atoms. The third kappa shape index (κ3) is 3.33. The lowest BCUT2D eigenvalue weighted by Gasteiger charge is -2.35. The quantitative estimate of drug-likeness (QED) is 0.910. The largest absolute Gasteiger partial charge is 0.493 e. The molecule has 116 valence electrons. The Morgan fingerprint density at radius 1 is 1.24 bits per heavy atom. The van der Waals surface area contributed by atoms with Gasteiger partial charge in [-0.3, -0.25) is 4.79 Å². The monoisotopic (exact) mass is 310 g/mol. The smallest absolute Gasteiger partial charge is 0.230 e. The molecule has 0 aromatic heterocycles. The highest BCUT2D eigenvalue weighted by Crippen LogP contribution is 2.35. The lowest BCUT2D eigenvalue weighted by molar-refractivity contribution is -0.134. The first-order chi connectivity index (χ1) is 9.77. The second kappa shape index (κ2) is 7.14. The maximum absolute atomic E-state index is 12.8. The zero-order chi connectivity index (χ0) is 13.9. The van der Waals surface area contributed by atoms with Gasteiger partial charge in [-0.05, 0) is 38.4 Å². The third-order valence-electron chi connectivity index (χ3n) is 4.46. The number of carbonyl (C=O) groups is 1. The number of benzene rings is 1. The van der Waals surface area contributed by atoms with Crippen LogP contribution in [-0.2, 0) is 4.79 Å². The molecule has 0 radical (unpaired) electrons. The molecule has 2 aliphatic rings. The van der Waals surface area contributed by atoms with Gasteiger partial charge < -0.3 is 15.0 Å². The van der Waals surface area contributed by atoms with E-state index in [0.29, 0.717) is 12.6 Å². The Hall–Kier alpha value is -1.26. The fraction of sp³-hybridized carbons (Fsp3) is 0.562. The van der Waals surface area contributed by atoms with Gasteiger partial charge in [0.1, 0.15) is 5.75 Å². The Labute approximate surface area is 132 Å². The number of halogens is 1. The van der Waals surface area contributed by atoms with E-state index >= 15 is 0 Å². The summed E-state index contributed by atoms with van der Waals surface area (Å²) < 4.78 is 5.65. The van der Waals surface area contributed by atoms with Gasteiger partial charge in [-0.2, -0.15) is 0 Å². The van der Waals surface area contributed by atoms with Crippen LogP contribution in [0.2, 0.25) is 0 Å². The van der Waals surface area contributed by atoms with E-state index in [1.54, 1.807) is 0 Å². The summed E-state index contributed by atoms with van der Waals surface area (Å²) in [5.74, 6) is 1.07. The van der Waals surface area contributed by atoms with Crippen molar-refractivity contribution in [2.24, 2.45) is 0 Å². The van der Waals surface area contributed by atoms with Gasteiger partial charge in [-0.1, -0.05) is 18.2 Å². The number of likely N-dealkylation sites (N-methyl/N-ethyl adjacent to an activating group) is 1. The minimum absolute atomic E-state index is 0. The van der Waals surface area contributed by atoms with Crippen LogP contribution in [0.4, 0.5) is 0 Å². The second-order valence-corrected chi connectivity index (χ2v) is 5.66. The average molecular weight is 311 g/mol. The molecule has 2 heterocycles. The maximum Gasteiger partial charge on any atom is 0.230 e. The first-order valence-corrected chi connectivity index (χ1v) is 7.46. The number of nitrogens with zero attached hydrogens (tertiary/aromatic N) is 1. The van der Waals surface area contributed by atoms with Crippen LogP contribution in [-0.4, -0.2) is 43.6 Å². The van der Waals surface area contributed by atoms with Gasteiger partial charge in [0, 0.05) is 18.7 Å². The summed E-state index contributed by atoms with van der Waals surface area (Å²) >= 11 is 0. The Balaban J connectivity index is 0.00000161. The van der Waals surface area contributed by atoms with E-state index in [2.05, 4.69) is 5.32 Å². The molecule has 1 fully saturated rings. The molecule has 4 nitrogen and oxygen atoms in total. The van der Waals surface area contributed by atoms with Crippen LogP contribution in [0.5, 0.6) is 5.75 Å². The van der Waals surface area contributed by atoms with Crippen LogP contribution in [0.1, 0.15) is 30.7 Å². The van der Waals surface area contributed by atoms with Crippen molar-refractivity contribution in [3.63, 3.8) is 0 Å². The van der Waals surface area contributed by atoms with Crippen LogP contribution in [0, 0.1) is 0 Å². The van der Waals surface area contributed by atoms with Crippen molar-refractivity contribution in [1.82, 2.24) is 10.2 Å².